The van der Waals surface area contributed by atoms with Gasteiger partial charge in [0.2, 0.25) is 0 Å². The summed E-state index contributed by atoms with van der Waals surface area (Å²) in [7, 11) is 0. The summed E-state index contributed by atoms with van der Waals surface area (Å²) in [6.07, 6.45) is 1.01. The molecule has 0 heterocycles. The number of amides is 2. The third-order valence-electron chi connectivity index (χ3n) is 3.70. The van der Waals surface area contributed by atoms with Gasteiger partial charge in [0, 0.05) is 5.56 Å². The first-order valence-corrected chi connectivity index (χ1v) is 8.59. The van der Waals surface area contributed by atoms with E-state index in [9.17, 15) is 9.59 Å². The highest BCUT2D eigenvalue weighted by Gasteiger charge is 2.12. The number of hydrogen-bond acceptors (Lipinski definition) is 4. The van der Waals surface area contributed by atoms with Crippen molar-refractivity contribution in [3.05, 3.63) is 59.7 Å². The van der Waals surface area contributed by atoms with Crippen molar-refractivity contribution < 1.29 is 14.3 Å². The second kappa shape index (κ2) is 8.96. The largest absolute Gasteiger partial charge is 0.491 e. The van der Waals surface area contributed by atoms with Gasteiger partial charge in [0.05, 0.1) is 17.4 Å². The number of benzene rings is 2. The van der Waals surface area contributed by atoms with Gasteiger partial charge in [0.15, 0.2) is 5.11 Å². The first-order valence-electron chi connectivity index (χ1n) is 8.18. The Bertz CT molecular complexity index is 806. The molecule has 6 nitrogen and oxygen atoms in total. The fourth-order valence-electron chi connectivity index (χ4n) is 2.14. The maximum atomic E-state index is 12.3. The molecule has 0 aromatic heterocycles. The van der Waals surface area contributed by atoms with E-state index in [0.29, 0.717) is 17.0 Å². The predicted molar refractivity (Wildman–Crippen MR) is 105 cm³/mol. The van der Waals surface area contributed by atoms with Crippen LogP contribution in [0, 0.1) is 0 Å². The minimum absolute atomic E-state index is 0.0728. The maximum Gasteiger partial charge on any atom is 0.257 e. The summed E-state index contributed by atoms with van der Waals surface area (Å²) in [6.45, 7) is 4.02. The fraction of sp³-hybridized carbons (Fsp3) is 0.211. The Morgan fingerprint density at radius 2 is 1.81 bits per heavy atom. The highest BCUT2D eigenvalue weighted by molar-refractivity contribution is 7.80. The first kappa shape index (κ1) is 19.4. The van der Waals surface area contributed by atoms with E-state index in [-0.39, 0.29) is 22.7 Å². The summed E-state index contributed by atoms with van der Waals surface area (Å²) in [5.74, 6) is -0.250. The zero-order valence-corrected chi connectivity index (χ0v) is 15.4. The molecule has 0 aliphatic heterocycles. The number of anilines is 1. The Morgan fingerprint density at radius 3 is 2.42 bits per heavy atom. The molecule has 1 atom stereocenters. The van der Waals surface area contributed by atoms with E-state index < -0.39 is 5.91 Å². The zero-order valence-electron chi connectivity index (χ0n) is 14.6. The van der Waals surface area contributed by atoms with Crippen LogP contribution in [0.4, 0.5) is 5.69 Å². The van der Waals surface area contributed by atoms with Crippen LogP contribution in [0.2, 0.25) is 0 Å². The molecule has 2 aromatic carbocycles. The topological polar surface area (TPSA) is 93.4 Å². The number of ether oxygens (including phenoxy) is 1. The monoisotopic (exact) mass is 371 g/mol. The molecule has 4 N–H and O–H groups in total. The molecule has 2 aromatic rings. The number of carbonyl (C=O) groups excluding carboxylic acids is 2. The van der Waals surface area contributed by atoms with Crippen LogP contribution in [0.25, 0.3) is 0 Å². The second-order valence-electron chi connectivity index (χ2n) is 5.68. The Kier molecular flexibility index (Phi) is 6.68. The molecule has 7 heteroatoms. The van der Waals surface area contributed by atoms with Gasteiger partial charge < -0.3 is 15.8 Å². The van der Waals surface area contributed by atoms with Crippen LogP contribution >= 0.6 is 12.2 Å². The maximum absolute atomic E-state index is 12.3. The van der Waals surface area contributed by atoms with E-state index in [1.54, 1.807) is 48.5 Å². The molecular weight excluding hydrogens is 350 g/mol. The van der Waals surface area contributed by atoms with Crippen molar-refractivity contribution in [2.24, 2.45) is 5.73 Å². The van der Waals surface area contributed by atoms with Gasteiger partial charge in [-0.3, -0.25) is 14.9 Å². The van der Waals surface area contributed by atoms with Crippen LogP contribution in [0.1, 0.15) is 41.0 Å². The van der Waals surface area contributed by atoms with Crippen molar-refractivity contribution in [1.29, 1.82) is 0 Å². The Hall–Kier alpha value is -2.93. The van der Waals surface area contributed by atoms with Crippen LogP contribution in [-0.4, -0.2) is 23.0 Å². The minimum atomic E-state index is -0.584. The predicted octanol–water partition coefficient (Wildman–Crippen LogP) is 3.09. The molecular formula is C19H21N3O3S. The number of hydrogen-bond donors (Lipinski definition) is 3. The van der Waals surface area contributed by atoms with Gasteiger partial charge in [-0.05, 0) is 62.0 Å². The van der Waals surface area contributed by atoms with Crippen molar-refractivity contribution in [3.63, 3.8) is 0 Å². The average Bonchev–Trinajstić information content (AvgIpc) is 2.62. The SMILES string of the molecule is CC[C@@H](C)Oc1ccc(C(=O)NC(=S)Nc2ccccc2C(N)=O)cc1. The number of rotatable bonds is 6. The lowest BCUT2D eigenvalue weighted by atomic mass is 10.1. The van der Waals surface area contributed by atoms with E-state index in [0.717, 1.165) is 6.42 Å². The highest BCUT2D eigenvalue weighted by atomic mass is 32.1. The van der Waals surface area contributed by atoms with Crippen LogP contribution in [-0.2, 0) is 0 Å². The molecule has 2 rings (SSSR count). The lowest BCUT2D eigenvalue weighted by Crippen LogP contribution is -2.34. The van der Waals surface area contributed by atoms with E-state index >= 15 is 0 Å². The van der Waals surface area contributed by atoms with Gasteiger partial charge in [0.25, 0.3) is 11.8 Å². The summed E-state index contributed by atoms with van der Waals surface area (Å²) in [6, 6.07) is 13.4. The van der Waals surface area contributed by atoms with Crippen molar-refractivity contribution in [1.82, 2.24) is 5.32 Å². The molecule has 136 valence electrons. The summed E-state index contributed by atoms with van der Waals surface area (Å²) in [5.41, 5.74) is 6.48. The normalized spacial score (nSPS) is 11.3. The van der Waals surface area contributed by atoms with E-state index in [4.69, 9.17) is 22.7 Å². The van der Waals surface area contributed by atoms with E-state index in [1.807, 2.05) is 13.8 Å². The van der Waals surface area contributed by atoms with Crippen LogP contribution < -0.4 is 21.1 Å². The van der Waals surface area contributed by atoms with Gasteiger partial charge in [-0.25, -0.2) is 0 Å². The summed E-state index contributed by atoms with van der Waals surface area (Å²) < 4.78 is 5.68. The summed E-state index contributed by atoms with van der Waals surface area (Å²) in [4.78, 5) is 23.7. The highest BCUT2D eigenvalue weighted by Crippen LogP contribution is 2.16. The molecule has 0 bridgehead atoms. The smallest absolute Gasteiger partial charge is 0.257 e. The van der Waals surface area contributed by atoms with Gasteiger partial charge in [0.1, 0.15) is 5.75 Å². The molecule has 0 radical (unpaired) electrons. The number of carbonyl (C=O) groups is 2. The molecule has 0 fully saturated rings. The molecule has 0 aliphatic rings. The Balaban J connectivity index is 1.99. The van der Waals surface area contributed by atoms with Gasteiger partial charge in [-0.15, -0.1) is 0 Å². The molecule has 0 unspecified atom stereocenters. The molecule has 26 heavy (non-hydrogen) atoms. The standard InChI is InChI=1S/C19H21N3O3S/c1-3-12(2)25-14-10-8-13(9-11-14)18(24)22-19(26)21-16-7-5-4-6-15(16)17(20)23/h4-12H,3H2,1-2H3,(H2,20,23)(H2,21,22,24,26)/t12-/m1/s1. The summed E-state index contributed by atoms with van der Waals surface area (Å²) in [5, 5.41) is 5.46. The number of nitrogens with two attached hydrogens (primary N) is 1. The van der Waals surface area contributed by atoms with Crippen molar-refractivity contribution in [2.45, 2.75) is 26.4 Å². The van der Waals surface area contributed by atoms with Crippen molar-refractivity contribution in [2.75, 3.05) is 5.32 Å². The second-order valence-corrected chi connectivity index (χ2v) is 6.09. The minimum Gasteiger partial charge on any atom is -0.491 e. The Morgan fingerprint density at radius 1 is 1.15 bits per heavy atom. The molecule has 2 amide bonds. The molecule has 0 aliphatic carbocycles. The number of thiocarbonyl (C=S) groups is 1. The van der Waals surface area contributed by atoms with E-state index in [2.05, 4.69) is 10.6 Å². The average molecular weight is 371 g/mol. The van der Waals surface area contributed by atoms with Crippen LogP contribution in [0.15, 0.2) is 48.5 Å². The quantitative estimate of drug-likeness (QED) is 0.679. The van der Waals surface area contributed by atoms with Crippen LogP contribution in [0.3, 0.4) is 0 Å². The van der Waals surface area contributed by atoms with Crippen molar-refractivity contribution in [3.8, 4) is 5.75 Å². The third-order valence-corrected chi connectivity index (χ3v) is 3.90. The summed E-state index contributed by atoms with van der Waals surface area (Å²) >= 11 is 5.14. The number of primary amides is 1. The number of para-hydroxylation sites is 1. The van der Waals surface area contributed by atoms with Gasteiger partial charge >= 0.3 is 0 Å². The zero-order chi connectivity index (χ0) is 19.1. The molecule has 0 saturated carbocycles. The fourth-order valence-corrected chi connectivity index (χ4v) is 2.34. The van der Waals surface area contributed by atoms with E-state index in [1.165, 1.54) is 0 Å². The lowest BCUT2D eigenvalue weighted by molar-refractivity contribution is 0.0975. The van der Waals surface area contributed by atoms with Gasteiger partial charge in [-0.2, -0.15) is 0 Å². The number of nitrogens with one attached hydrogen (secondary N) is 2. The lowest BCUT2D eigenvalue weighted by Gasteiger charge is -2.13. The molecule has 0 spiro atoms. The van der Waals surface area contributed by atoms with Gasteiger partial charge in [-0.1, -0.05) is 19.1 Å². The third kappa shape index (κ3) is 5.29. The van der Waals surface area contributed by atoms with Crippen LogP contribution in [0.5, 0.6) is 5.75 Å². The molecule has 0 saturated heterocycles. The Labute approximate surface area is 157 Å². The van der Waals surface area contributed by atoms with Crippen molar-refractivity contribution >= 4 is 34.8 Å². The first-order chi connectivity index (χ1) is 12.4.